The van der Waals surface area contributed by atoms with Crippen LogP contribution in [0.4, 0.5) is 4.39 Å². The largest absolute Gasteiger partial charge is 0.760 e. The van der Waals surface area contributed by atoms with Crippen molar-refractivity contribution in [3.63, 3.8) is 0 Å². The lowest BCUT2D eigenvalue weighted by Gasteiger charge is -2.26. The van der Waals surface area contributed by atoms with E-state index in [1.165, 1.54) is 30.6 Å². The second-order valence-corrected chi connectivity index (χ2v) is 11.7. The highest BCUT2D eigenvalue weighted by Crippen LogP contribution is 2.45. The van der Waals surface area contributed by atoms with Crippen LogP contribution in [0.5, 0.6) is 0 Å². The van der Waals surface area contributed by atoms with Crippen LogP contribution in [0.25, 0.3) is 22.3 Å². The number of halogens is 2. The summed E-state index contributed by atoms with van der Waals surface area (Å²) in [5.74, 6) is -0.849. The van der Waals surface area contributed by atoms with Gasteiger partial charge in [0.2, 0.25) is 0 Å². The first-order valence-corrected chi connectivity index (χ1v) is 14.6. The fourth-order valence-corrected chi connectivity index (χ4v) is 5.84. The number of esters is 1. The zero-order chi connectivity index (χ0) is 28.6. The third-order valence-electron chi connectivity index (χ3n) is 6.86. The first kappa shape index (κ1) is 28.4. The van der Waals surface area contributed by atoms with Crippen molar-refractivity contribution in [1.29, 1.82) is 0 Å². The van der Waals surface area contributed by atoms with Gasteiger partial charge < -0.3 is 19.0 Å². The van der Waals surface area contributed by atoms with Gasteiger partial charge in [0.25, 0.3) is 5.91 Å². The van der Waals surface area contributed by atoms with Gasteiger partial charge in [-0.3, -0.25) is 9.00 Å². The number of rotatable bonds is 9. The monoisotopic (exact) mass is 675 g/mol. The standard InChI is InChI=1S/C29H26FIN2O6S/c1-32-28(34)26-23-13-21(17-7-8-17)19(12-25(23)39-27(26)18-4-3-5-20(30)11-18)15-33(40(36)37)14-16-6-9-24(31)22(10-16)29(35)38-2/h3-6,9-13,17H,7-8,14-15H2,1-2H3,(H,32,34)(H,36,37)/p-1. The molecule has 1 unspecified atom stereocenters. The number of hydrogen-bond acceptors (Lipinski definition) is 6. The smallest absolute Gasteiger partial charge is 0.338 e. The molecule has 1 amide bonds. The highest BCUT2D eigenvalue weighted by atomic mass is 127. The van der Waals surface area contributed by atoms with Crippen LogP contribution in [0.15, 0.2) is 59.0 Å². The lowest BCUT2D eigenvalue weighted by Crippen LogP contribution is -2.25. The van der Waals surface area contributed by atoms with Gasteiger partial charge in [-0.05, 0) is 94.4 Å². The minimum atomic E-state index is -2.57. The van der Waals surface area contributed by atoms with E-state index in [9.17, 15) is 22.7 Å². The van der Waals surface area contributed by atoms with Gasteiger partial charge >= 0.3 is 5.97 Å². The number of carbonyl (C=O) groups is 2. The topological polar surface area (TPSA) is 112 Å². The van der Waals surface area contributed by atoms with Crippen molar-refractivity contribution in [1.82, 2.24) is 9.62 Å². The Labute approximate surface area is 246 Å². The number of benzene rings is 3. The van der Waals surface area contributed by atoms with Crippen LogP contribution < -0.4 is 5.32 Å². The molecule has 11 heteroatoms. The number of fused-ring (bicyclic) bond motifs is 1. The molecule has 208 valence electrons. The maximum atomic E-state index is 14.0. The number of nitrogens with one attached hydrogen (secondary N) is 1. The van der Waals surface area contributed by atoms with Crippen molar-refractivity contribution >= 4 is 56.7 Å². The molecule has 1 aromatic heterocycles. The minimum Gasteiger partial charge on any atom is -0.760 e. The van der Waals surface area contributed by atoms with Gasteiger partial charge in [0, 0.05) is 45.9 Å². The van der Waals surface area contributed by atoms with E-state index in [2.05, 4.69) is 5.32 Å². The summed E-state index contributed by atoms with van der Waals surface area (Å²) in [6, 6.07) is 14.6. The van der Waals surface area contributed by atoms with Crippen LogP contribution in [0.2, 0.25) is 0 Å². The summed E-state index contributed by atoms with van der Waals surface area (Å²) in [6.07, 6.45) is 1.89. The number of nitrogens with zero attached hydrogens (tertiary/aromatic N) is 1. The molecule has 4 aromatic rings. The molecule has 1 fully saturated rings. The molecule has 0 radical (unpaired) electrons. The molecular weight excluding hydrogens is 650 g/mol. The molecule has 8 nitrogen and oxygen atoms in total. The molecule has 0 spiro atoms. The van der Waals surface area contributed by atoms with Crippen molar-refractivity contribution in [3.8, 4) is 11.3 Å². The Morgan fingerprint density at radius 3 is 2.60 bits per heavy atom. The van der Waals surface area contributed by atoms with Crippen molar-refractivity contribution < 1.29 is 31.9 Å². The van der Waals surface area contributed by atoms with E-state index in [-0.39, 0.29) is 30.7 Å². The zero-order valence-electron chi connectivity index (χ0n) is 21.7. The molecule has 5 rings (SSSR count). The Balaban J connectivity index is 1.57. The van der Waals surface area contributed by atoms with E-state index in [0.29, 0.717) is 36.8 Å². The van der Waals surface area contributed by atoms with E-state index in [0.717, 1.165) is 24.0 Å². The van der Waals surface area contributed by atoms with Gasteiger partial charge in [-0.15, -0.1) is 0 Å². The van der Waals surface area contributed by atoms with E-state index < -0.39 is 23.1 Å². The fourth-order valence-electron chi connectivity index (χ4n) is 4.79. The van der Waals surface area contributed by atoms with E-state index in [1.54, 1.807) is 36.4 Å². The molecule has 3 aromatic carbocycles. The fraction of sp³-hybridized carbons (Fsp3) is 0.241. The van der Waals surface area contributed by atoms with E-state index in [1.807, 2.05) is 28.7 Å². The minimum absolute atomic E-state index is 0.0371. The lowest BCUT2D eigenvalue weighted by atomic mass is 9.97. The van der Waals surface area contributed by atoms with Crippen LogP contribution in [-0.4, -0.2) is 39.1 Å². The second kappa shape index (κ2) is 11.8. The first-order valence-electron chi connectivity index (χ1n) is 12.5. The third kappa shape index (κ3) is 5.82. The predicted molar refractivity (Wildman–Crippen MR) is 156 cm³/mol. The highest BCUT2D eigenvalue weighted by molar-refractivity contribution is 14.1. The first-order chi connectivity index (χ1) is 19.2. The van der Waals surface area contributed by atoms with Gasteiger partial charge in [0.1, 0.15) is 17.2 Å². The molecule has 1 heterocycles. The maximum Gasteiger partial charge on any atom is 0.338 e. The van der Waals surface area contributed by atoms with Crippen molar-refractivity contribution in [3.05, 3.63) is 91.8 Å². The molecule has 1 aliphatic carbocycles. The predicted octanol–water partition coefficient (Wildman–Crippen LogP) is 5.66. The maximum absolute atomic E-state index is 14.0. The number of furan rings is 1. The molecule has 1 aliphatic rings. The molecule has 0 aliphatic heterocycles. The third-order valence-corrected chi connectivity index (χ3v) is 8.48. The van der Waals surface area contributed by atoms with Crippen molar-refractivity contribution in [2.24, 2.45) is 0 Å². The zero-order valence-corrected chi connectivity index (χ0v) is 24.6. The van der Waals surface area contributed by atoms with Crippen molar-refractivity contribution in [2.45, 2.75) is 31.8 Å². The quantitative estimate of drug-likeness (QED) is 0.139. The summed E-state index contributed by atoms with van der Waals surface area (Å²) in [7, 11) is 2.81. The summed E-state index contributed by atoms with van der Waals surface area (Å²) < 4.78 is 51.7. The molecule has 1 N–H and O–H groups in total. The molecule has 40 heavy (non-hydrogen) atoms. The second-order valence-electron chi connectivity index (χ2n) is 9.54. The van der Waals surface area contributed by atoms with Gasteiger partial charge in [0.15, 0.2) is 0 Å². The van der Waals surface area contributed by atoms with Crippen LogP contribution >= 0.6 is 22.6 Å². The van der Waals surface area contributed by atoms with Gasteiger partial charge in [-0.2, -0.15) is 0 Å². The Kier molecular flexibility index (Phi) is 8.36. The van der Waals surface area contributed by atoms with Gasteiger partial charge in [-0.25, -0.2) is 13.5 Å². The van der Waals surface area contributed by atoms with Gasteiger partial charge in [0.05, 0.1) is 18.2 Å². The number of amides is 1. The lowest BCUT2D eigenvalue weighted by molar-refractivity contribution is 0.0599. The van der Waals surface area contributed by atoms with Crippen LogP contribution in [0.3, 0.4) is 0 Å². The molecule has 1 atom stereocenters. The van der Waals surface area contributed by atoms with Gasteiger partial charge in [-0.1, -0.05) is 18.2 Å². The Bertz CT molecular complexity index is 1650. The summed E-state index contributed by atoms with van der Waals surface area (Å²) in [5, 5.41) is 3.23. The van der Waals surface area contributed by atoms with Crippen LogP contribution in [0.1, 0.15) is 56.2 Å². The summed E-state index contributed by atoms with van der Waals surface area (Å²) in [6.45, 7) is 0.0953. The molecule has 0 bridgehead atoms. The van der Waals surface area contributed by atoms with Crippen LogP contribution in [-0.2, 0) is 29.1 Å². The van der Waals surface area contributed by atoms with Crippen molar-refractivity contribution in [2.75, 3.05) is 14.2 Å². The number of carbonyl (C=O) groups excluding carboxylic acids is 2. The molecule has 0 saturated heterocycles. The van der Waals surface area contributed by atoms with E-state index in [4.69, 9.17) is 9.15 Å². The Morgan fingerprint density at radius 1 is 1.18 bits per heavy atom. The average molecular weight is 675 g/mol. The summed E-state index contributed by atoms with van der Waals surface area (Å²) in [5.41, 5.74) is 3.81. The Hall–Kier alpha value is -3.13. The SMILES string of the molecule is CNC(=O)c1c(-c2cccc(F)c2)oc2cc(CN(Cc3ccc(I)c(C(=O)OC)c3)S(=O)[O-])c(C3CC3)cc12. The highest BCUT2D eigenvalue weighted by Gasteiger charge is 2.30. The molecular formula is C29H25FIN2O6S-. The summed E-state index contributed by atoms with van der Waals surface area (Å²) >= 11 is -0.545. The number of hydrogen-bond donors (Lipinski definition) is 1. The van der Waals surface area contributed by atoms with E-state index >= 15 is 0 Å². The number of ether oxygens (including phenoxy) is 1. The van der Waals surface area contributed by atoms with Crippen LogP contribution in [0, 0.1) is 9.39 Å². The number of methoxy groups -OCH3 is 1. The Morgan fingerprint density at radius 2 is 1.95 bits per heavy atom. The molecule has 1 saturated carbocycles. The average Bonchev–Trinajstić information content (AvgIpc) is 3.72. The normalized spacial score (nSPS) is 13.9. The summed E-state index contributed by atoms with van der Waals surface area (Å²) in [4.78, 5) is 25.1.